The SMILES string of the molecule is CCCC(C)NCCOc1ccc(F)c(C)c1. The van der Waals surface area contributed by atoms with Crippen LogP contribution in [0.4, 0.5) is 4.39 Å². The quantitative estimate of drug-likeness (QED) is 0.737. The molecule has 0 heterocycles. The summed E-state index contributed by atoms with van der Waals surface area (Å²) >= 11 is 0. The highest BCUT2D eigenvalue weighted by Gasteiger charge is 2.01. The van der Waals surface area contributed by atoms with Gasteiger partial charge in [-0.3, -0.25) is 0 Å². The van der Waals surface area contributed by atoms with Crippen molar-refractivity contribution in [3.05, 3.63) is 29.6 Å². The van der Waals surface area contributed by atoms with Crippen LogP contribution in [0.2, 0.25) is 0 Å². The largest absolute Gasteiger partial charge is 0.492 e. The van der Waals surface area contributed by atoms with Gasteiger partial charge in [-0.15, -0.1) is 0 Å². The highest BCUT2D eigenvalue weighted by atomic mass is 19.1. The van der Waals surface area contributed by atoms with E-state index in [0.29, 0.717) is 18.2 Å². The molecule has 96 valence electrons. The van der Waals surface area contributed by atoms with Crippen molar-refractivity contribution in [2.75, 3.05) is 13.2 Å². The fraction of sp³-hybridized carbons (Fsp3) is 0.571. The lowest BCUT2D eigenvalue weighted by Crippen LogP contribution is -2.29. The van der Waals surface area contributed by atoms with Gasteiger partial charge in [0.2, 0.25) is 0 Å². The zero-order chi connectivity index (χ0) is 12.7. The maximum Gasteiger partial charge on any atom is 0.126 e. The van der Waals surface area contributed by atoms with Gasteiger partial charge in [0.1, 0.15) is 18.2 Å². The second-order valence-electron chi connectivity index (χ2n) is 4.40. The Morgan fingerprint density at radius 3 is 2.82 bits per heavy atom. The Kier molecular flexibility index (Phi) is 5.98. The summed E-state index contributed by atoms with van der Waals surface area (Å²) in [4.78, 5) is 0. The van der Waals surface area contributed by atoms with Crippen LogP contribution < -0.4 is 10.1 Å². The first-order valence-electron chi connectivity index (χ1n) is 6.25. The molecule has 0 aromatic heterocycles. The molecular formula is C14H22FNO. The summed E-state index contributed by atoms with van der Waals surface area (Å²) in [6, 6.07) is 5.36. The summed E-state index contributed by atoms with van der Waals surface area (Å²) in [6.07, 6.45) is 2.36. The number of hydrogen-bond acceptors (Lipinski definition) is 2. The van der Waals surface area contributed by atoms with Gasteiger partial charge in [0.15, 0.2) is 0 Å². The Morgan fingerprint density at radius 1 is 1.41 bits per heavy atom. The smallest absolute Gasteiger partial charge is 0.126 e. The predicted molar refractivity (Wildman–Crippen MR) is 69.0 cm³/mol. The number of aryl methyl sites for hydroxylation is 1. The molecule has 0 fully saturated rings. The molecule has 1 aromatic carbocycles. The summed E-state index contributed by atoms with van der Waals surface area (Å²) < 4.78 is 18.6. The van der Waals surface area contributed by atoms with Gasteiger partial charge in [-0.05, 0) is 44.0 Å². The van der Waals surface area contributed by atoms with Gasteiger partial charge in [0, 0.05) is 12.6 Å². The Hall–Kier alpha value is -1.09. The molecule has 0 saturated heterocycles. The van der Waals surface area contributed by atoms with Crippen molar-refractivity contribution in [1.82, 2.24) is 5.32 Å². The lowest BCUT2D eigenvalue weighted by Gasteiger charge is -2.13. The van der Waals surface area contributed by atoms with E-state index in [9.17, 15) is 4.39 Å². The molecule has 3 heteroatoms. The molecule has 0 aliphatic carbocycles. The third-order valence-electron chi connectivity index (χ3n) is 2.71. The van der Waals surface area contributed by atoms with Crippen LogP contribution in [0.5, 0.6) is 5.75 Å². The van der Waals surface area contributed by atoms with Gasteiger partial charge in [0.05, 0.1) is 0 Å². The van der Waals surface area contributed by atoms with Crippen LogP contribution in [-0.4, -0.2) is 19.2 Å². The second-order valence-corrected chi connectivity index (χ2v) is 4.40. The molecular weight excluding hydrogens is 217 g/mol. The molecule has 17 heavy (non-hydrogen) atoms. The lowest BCUT2D eigenvalue weighted by molar-refractivity contribution is 0.304. The normalized spacial score (nSPS) is 12.5. The van der Waals surface area contributed by atoms with Crippen molar-refractivity contribution in [3.8, 4) is 5.75 Å². The van der Waals surface area contributed by atoms with Crippen molar-refractivity contribution < 1.29 is 9.13 Å². The van der Waals surface area contributed by atoms with E-state index in [-0.39, 0.29) is 5.82 Å². The molecule has 1 unspecified atom stereocenters. The molecule has 1 aromatic rings. The molecule has 0 aliphatic rings. The second kappa shape index (κ2) is 7.28. The molecule has 0 amide bonds. The fourth-order valence-corrected chi connectivity index (χ4v) is 1.72. The average molecular weight is 239 g/mol. The molecule has 1 rings (SSSR count). The molecule has 2 nitrogen and oxygen atoms in total. The van der Waals surface area contributed by atoms with Crippen molar-refractivity contribution >= 4 is 0 Å². The zero-order valence-electron chi connectivity index (χ0n) is 10.9. The van der Waals surface area contributed by atoms with E-state index < -0.39 is 0 Å². The Balaban J connectivity index is 2.24. The number of halogens is 1. The van der Waals surface area contributed by atoms with Crippen molar-refractivity contribution in [2.24, 2.45) is 0 Å². The number of benzene rings is 1. The van der Waals surface area contributed by atoms with Crippen molar-refractivity contribution in [1.29, 1.82) is 0 Å². The third-order valence-corrected chi connectivity index (χ3v) is 2.71. The van der Waals surface area contributed by atoms with Crippen molar-refractivity contribution in [2.45, 2.75) is 39.7 Å². The van der Waals surface area contributed by atoms with Gasteiger partial charge >= 0.3 is 0 Å². The number of nitrogens with one attached hydrogen (secondary N) is 1. The van der Waals surface area contributed by atoms with Crippen LogP contribution in [0, 0.1) is 12.7 Å². The van der Waals surface area contributed by atoms with E-state index in [2.05, 4.69) is 19.2 Å². The summed E-state index contributed by atoms with van der Waals surface area (Å²) in [5.74, 6) is 0.542. The number of ether oxygens (including phenoxy) is 1. The first-order chi connectivity index (χ1) is 8.13. The molecule has 0 bridgehead atoms. The molecule has 0 saturated carbocycles. The van der Waals surface area contributed by atoms with Crippen LogP contribution >= 0.6 is 0 Å². The van der Waals surface area contributed by atoms with Crippen LogP contribution in [0.3, 0.4) is 0 Å². The molecule has 1 atom stereocenters. The van der Waals surface area contributed by atoms with Gasteiger partial charge in [-0.2, -0.15) is 0 Å². The van der Waals surface area contributed by atoms with Gasteiger partial charge in [0.25, 0.3) is 0 Å². The van der Waals surface area contributed by atoms with Crippen LogP contribution in [0.15, 0.2) is 18.2 Å². The zero-order valence-corrected chi connectivity index (χ0v) is 10.9. The Morgan fingerprint density at radius 2 is 2.18 bits per heavy atom. The highest BCUT2D eigenvalue weighted by molar-refractivity contribution is 5.28. The topological polar surface area (TPSA) is 21.3 Å². The molecule has 0 aliphatic heterocycles. The van der Waals surface area contributed by atoms with E-state index >= 15 is 0 Å². The summed E-state index contributed by atoms with van der Waals surface area (Å²) in [5, 5.41) is 3.38. The van der Waals surface area contributed by atoms with E-state index in [1.807, 2.05) is 0 Å². The minimum Gasteiger partial charge on any atom is -0.492 e. The fourth-order valence-electron chi connectivity index (χ4n) is 1.72. The van der Waals surface area contributed by atoms with Gasteiger partial charge in [-0.25, -0.2) is 4.39 Å². The standard InChI is InChI=1S/C14H22FNO/c1-4-5-12(3)16-8-9-17-13-6-7-14(15)11(2)10-13/h6-7,10,12,16H,4-5,8-9H2,1-3H3. The lowest BCUT2D eigenvalue weighted by atomic mass is 10.2. The summed E-state index contributed by atoms with van der Waals surface area (Å²) in [5.41, 5.74) is 0.620. The van der Waals surface area contributed by atoms with E-state index in [4.69, 9.17) is 4.74 Å². The molecule has 1 N–H and O–H groups in total. The number of hydrogen-bond donors (Lipinski definition) is 1. The van der Waals surface area contributed by atoms with Gasteiger partial charge < -0.3 is 10.1 Å². The minimum absolute atomic E-state index is 0.188. The van der Waals surface area contributed by atoms with E-state index in [1.54, 1.807) is 19.1 Å². The summed E-state index contributed by atoms with van der Waals surface area (Å²) in [7, 11) is 0. The van der Waals surface area contributed by atoms with Crippen molar-refractivity contribution in [3.63, 3.8) is 0 Å². The van der Waals surface area contributed by atoms with Gasteiger partial charge in [-0.1, -0.05) is 13.3 Å². The first-order valence-corrected chi connectivity index (χ1v) is 6.25. The molecule has 0 radical (unpaired) electrons. The third kappa shape index (κ3) is 5.18. The Bertz CT molecular complexity index is 341. The minimum atomic E-state index is -0.188. The maximum absolute atomic E-state index is 13.0. The van der Waals surface area contributed by atoms with Crippen LogP contribution in [0.25, 0.3) is 0 Å². The first kappa shape index (κ1) is 14.0. The molecule has 0 spiro atoms. The highest BCUT2D eigenvalue weighted by Crippen LogP contribution is 2.15. The van der Waals surface area contributed by atoms with Crippen LogP contribution in [0.1, 0.15) is 32.3 Å². The monoisotopic (exact) mass is 239 g/mol. The summed E-state index contributed by atoms with van der Waals surface area (Å²) in [6.45, 7) is 7.52. The predicted octanol–water partition coefficient (Wildman–Crippen LogP) is 3.29. The van der Waals surface area contributed by atoms with E-state index in [0.717, 1.165) is 12.3 Å². The van der Waals surface area contributed by atoms with E-state index in [1.165, 1.54) is 18.9 Å². The average Bonchev–Trinajstić information content (AvgIpc) is 2.29. The van der Waals surface area contributed by atoms with Crippen LogP contribution in [-0.2, 0) is 0 Å². The number of rotatable bonds is 7. The maximum atomic E-state index is 13.0. The Labute approximate surface area is 103 Å².